The average molecular weight is 357 g/mol. The molecule has 4 aromatic rings. The molecule has 1 N–H and O–H groups in total. The fourth-order valence-corrected chi connectivity index (χ4v) is 2.99. The molecular weight excluding hydrogens is 334 g/mol. The summed E-state index contributed by atoms with van der Waals surface area (Å²) in [6.07, 6.45) is 0. The molecule has 0 amide bonds. The first kappa shape index (κ1) is 17.2. The van der Waals surface area contributed by atoms with Crippen LogP contribution >= 0.6 is 0 Å². The number of rotatable bonds is 3. The van der Waals surface area contributed by atoms with Gasteiger partial charge < -0.3 is 5.32 Å². The zero-order valence-electron chi connectivity index (χ0n) is 16.1. The lowest BCUT2D eigenvalue weighted by Gasteiger charge is -2.18. The third-order valence-electron chi connectivity index (χ3n) is 4.50. The second-order valence-corrected chi connectivity index (χ2v) is 7.75. The van der Waals surface area contributed by atoms with Crippen molar-refractivity contribution in [2.24, 2.45) is 0 Å². The fourth-order valence-electron chi connectivity index (χ4n) is 2.99. The van der Waals surface area contributed by atoms with E-state index in [0.717, 1.165) is 22.8 Å². The van der Waals surface area contributed by atoms with Crippen molar-refractivity contribution in [3.8, 4) is 11.4 Å². The molecule has 0 unspecified atom stereocenters. The molecule has 0 aliphatic carbocycles. The maximum absolute atomic E-state index is 4.69. The molecule has 2 heterocycles. The molecule has 0 saturated carbocycles. The highest BCUT2D eigenvalue weighted by Crippen LogP contribution is 2.26. The van der Waals surface area contributed by atoms with Gasteiger partial charge in [0, 0.05) is 23.0 Å². The Morgan fingerprint density at radius 1 is 0.889 bits per heavy atom. The minimum atomic E-state index is 0.121. The topological polar surface area (TPSA) is 55.1 Å². The van der Waals surface area contributed by atoms with Crippen LogP contribution in [0.25, 0.3) is 17.2 Å². The highest BCUT2D eigenvalue weighted by Gasteiger charge is 2.15. The van der Waals surface area contributed by atoms with Crippen LogP contribution in [-0.4, -0.2) is 19.6 Å². The van der Waals surface area contributed by atoms with Gasteiger partial charge in [-0.2, -0.15) is 9.50 Å². The molecule has 2 aromatic heterocycles. The highest BCUT2D eigenvalue weighted by atomic mass is 15.4. The predicted octanol–water partition coefficient (Wildman–Crippen LogP) is 5.14. The Bertz CT molecular complexity index is 1070. The molecule has 0 aliphatic heterocycles. The minimum absolute atomic E-state index is 0.121. The first-order valence-corrected chi connectivity index (χ1v) is 9.07. The Morgan fingerprint density at radius 2 is 1.59 bits per heavy atom. The van der Waals surface area contributed by atoms with Gasteiger partial charge in [-0.05, 0) is 30.0 Å². The van der Waals surface area contributed by atoms with E-state index in [2.05, 4.69) is 60.3 Å². The third kappa shape index (κ3) is 3.53. The molecular formula is C22H23N5. The molecule has 0 atom stereocenters. The van der Waals surface area contributed by atoms with Gasteiger partial charge in [0.2, 0.25) is 0 Å². The monoisotopic (exact) mass is 357 g/mol. The molecule has 0 saturated heterocycles. The van der Waals surface area contributed by atoms with Crippen molar-refractivity contribution in [3.63, 3.8) is 0 Å². The minimum Gasteiger partial charge on any atom is -0.340 e. The first-order valence-electron chi connectivity index (χ1n) is 9.07. The van der Waals surface area contributed by atoms with E-state index in [0.29, 0.717) is 11.6 Å². The van der Waals surface area contributed by atoms with Gasteiger partial charge in [0.05, 0.1) is 0 Å². The molecule has 2 aromatic carbocycles. The standard InChI is InChI=1S/C22H23N5/c1-15-14-19(24-18-8-6-5-7-9-18)27-21(23-15)25-20(26-27)16-10-12-17(13-11-16)22(2,3)4/h5-14,24H,1-4H3. The van der Waals surface area contributed by atoms with E-state index in [-0.39, 0.29) is 5.41 Å². The maximum atomic E-state index is 4.69. The lowest BCUT2D eigenvalue weighted by Crippen LogP contribution is -2.10. The fraction of sp³-hybridized carbons (Fsp3) is 0.227. The Morgan fingerprint density at radius 3 is 2.26 bits per heavy atom. The van der Waals surface area contributed by atoms with E-state index in [1.807, 2.05) is 43.3 Å². The summed E-state index contributed by atoms with van der Waals surface area (Å²) in [5.41, 5.74) is 4.28. The van der Waals surface area contributed by atoms with E-state index in [4.69, 9.17) is 5.10 Å². The molecule has 5 nitrogen and oxygen atoms in total. The molecule has 0 aliphatic rings. The number of aryl methyl sites for hydroxylation is 1. The number of benzene rings is 2. The van der Waals surface area contributed by atoms with Gasteiger partial charge >= 0.3 is 0 Å². The molecule has 4 rings (SSSR count). The Labute approximate surface area is 159 Å². The van der Waals surface area contributed by atoms with E-state index < -0.39 is 0 Å². The zero-order chi connectivity index (χ0) is 19.0. The van der Waals surface area contributed by atoms with Crippen LogP contribution in [0.4, 0.5) is 11.5 Å². The van der Waals surface area contributed by atoms with Crippen molar-refractivity contribution < 1.29 is 0 Å². The van der Waals surface area contributed by atoms with E-state index in [1.54, 1.807) is 4.52 Å². The Hall–Kier alpha value is -3.21. The van der Waals surface area contributed by atoms with Crippen LogP contribution in [0, 0.1) is 6.92 Å². The summed E-state index contributed by atoms with van der Waals surface area (Å²) in [6, 6.07) is 20.4. The SMILES string of the molecule is Cc1cc(Nc2ccccc2)n2nc(-c3ccc(C(C)(C)C)cc3)nc2n1. The Balaban J connectivity index is 1.75. The summed E-state index contributed by atoms with van der Waals surface area (Å²) in [6.45, 7) is 8.58. The molecule has 0 radical (unpaired) electrons. The maximum Gasteiger partial charge on any atom is 0.254 e. The number of hydrogen-bond acceptors (Lipinski definition) is 4. The quantitative estimate of drug-likeness (QED) is 0.551. The van der Waals surface area contributed by atoms with Crippen LogP contribution in [0.1, 0.15) is 32.0 Å². The number of para-hydroxylation sites is 1. The van der Waals surface area contributed by atoms with Crippen molar-refractivity contribution in [3.05, 3.63) is 71.9 Å². The van der Waals surface area contributed by atoms with Gasteiger partial charge in [-0.15, -0.1) is 5.10 Å². The largest absolute Gasteiger partial charge is 0.340 e. The van der Waals surface area contributed by atoms with Gasteiger partial charge in [0.25, 0.3) is 5.78 Å². The van der Waals surface area contributed by atoms with Crippen molar-refractivity contribution in [2.45, 2.75) is 33.1 Å². The summed E-state index contributed by atoms with van der Waals surface area (Å²) < 4.78 is 1.76. The molecule has 136 valence electrons. The molecule has 0 spiro atoms. The van der Waals surface area contributed by atoms with Gasteiger partial charge in [-0.3, -0.25) is 0 Å². The van der Waals surface area contributed by atoms with Gasteiger partial charge in [-0.25, -0.2) is 4.98 Å². The zero-order valence-corrected chi connectivity index (χ0v) is 16.1. The Kier molecular flexibility index (Phi) is 4.15. The van der Waals surface area contributed by atoms with Crippen LogP contribution in [0.3, 0.4) is 0 Å². The number of nitrogens with one attached hydrogen (secondary N) is 1. The van der Waals surface area contributed by atoms with Gasteiger partial charge in [0.1, 0.15) is 5.82 Å². The second-order valence-electron chi connectivity index (χ2n) is 7.75. The van der Waals surface area contributed by atoms with Crippen LogP contribution in [0.15, 0.2) is 60.7 Å². The summed E-state index contributed by atoms with van der Waals surface area (Å²) in [7, 11) is 0. The van der Waals surface area contributed by atoms with Crippen LogP contribution in [0.5, 0.6) is 0 Å². The van der Waals surface area contributed by atoms with Gasteiger partial charge in [0.15, 0.2) is 5.82 Å². The molecule has 0 bridgehead atoms. The van der Waals surface area contributed by atoms with Crippen LogP contribution in [-0.2, 0) is 5.41 Å². The lowest BCUT2D eigenvalue weighted by atomic mass is 9.87. The highest BCUT2D eigenvalue weighted by molar-refractivity contribution is 5.62. The normalized spacial score (nSPS) is 11.7. The smallest absolute Gasteiger partial charge is 0.254 e. The first-order chi connectivity index (χ1) is 12.9. The summed E-state index contributed by atoms with van der Waals surface area (Å²) >= 11 is 0. The van der Waals surface area contributed by atoms with Crippen molar-refractivity contribution >= 4 is 17.3 Å². The lowest BCUT2D eigenvalue weighted by molar-refractivity contribution is 0.590. The second kappa shape index (κ2) is 6.50. The van der Waals surface area contributed by atoms with E-state index >= 15 is 0 Å². The van der Waals surface area contributed by atoms with Gasteiger partial charge in [-0.1, -0.05) is 63.2 Å². The number of nitrogens with zero attached hydrogens (tertiary/aromatic N) is 4. The predicted molar refractivity (Wildman–Crippen MR) is 109 cm³/mol. The molecule has 0 fully saturated rings. The van der Waals surface area contributed by atoms with E-state index in [1.165, 1.54) is 5.56 Å². The van der Waals surface area contributed by atoms with E-state index in [9.17, 15) is 0 Å². The van der Waals surface area contributed by atoms with Crippen molar-refractivity contribution in [2.75, 3.05) is 5.32 Å². The molecule has 27 heavy (non-hydrogen) atoms. The van der Waals surface area contributed by atoms with Crippen LogP contribution < -0.4 is 5.32 Å². The third-order valence-corrected chi connectivity index (χ3v) is 4.50. The number of fused-ring (bicyclic) bond motifs is 1. The van der Waals surface area contributed by atoms with Crippen LogP contribution in [0.2, 0.25) is 0 Å². The average Bonchev–Trinajstić information content (AvgIpc) is 3.06. The number of hydrogen-bond donors (Lipinski definition) is 1. The summed E-state index contributed by atoms with van der Waals surface area (Å²) in [4.78, 5) is 9.17. The summed E-state index contributed by atoms with van der Waals surface area (Å²) in [5, 5.41) is 8.09. The number of anilines is 2. The van der Waals surface area contributed by atoms with Crippen molar-refractivity contribution in [1.29, 1.82) is 0 Å². The summed E-state index contributed by atoms with van der Waals surface area (Å²) in [5.74, 6) is 2.10. The van der Waals surface area contributed by atoms with Crippen molar-refractivity contribution in [1.82, 2.24) is 19.6 Å². The number of aromatic nitrogens is 4. The molecule has 5 heteroatoms.